The van der Waals surface area contributed by atoms with Crippen molar-refractivity contribution in [2.45, 2.75) is 50.3 Å². The van der Waals surface area contributed by atoms with Gasteiger partial charge >= 0.3 is 0 Å². The maximum absolute atomic E-state index is 12.3. The summed E-state index contributed by atoms with van der Waals surface area (Å²) in [6.45, 7) is 7.84. The zero-order chi connectivity index (χ0) is 14.8. The molecule has 6 heteroatoms. The van der Waals surface area contributed by atoms with Gasteiger partial charge in [-0.3, -0.25) is 0 Å². The highest BCUT2D eigenvalue weighted by atomic mass is 32.2. The average molecular weight is 316 g/mol. The fraction of sp³-hybridized carbons (Fsp3) is 0.714. The second kappa shape index (κ2) is 6.13. The highest BCUT2D eigenvalue weighted by Gasteiger charge is 2.32. The van der Waals surface area contributed by atoms with Gasteiger partial charge in [0.2, 0.25) is 10.0 Å². The lowest BCUT2D eigenvalue weighted by Crippen LogP contribution is -2.52. The molecule has 0 spiro atoms. The third kappa shape index (κ3) is 3.61. The first-order valence-electron chi connectivity index (χ1n) is 7.17. The summed E-state index contributed by atoms with van der Waals surface area (Å²) < 4.78 is 27.8. The molecule has 2 heterocycles. The van der Waals surface area contributed by atoms with Crippen molar-refractivity contribution in [3.63, 3.8) is 0 Å². The van der Waals surface area contributed by atoms with E-state index in [9.17, 15) is 8.42 Å². The lowest BCUT2D eigenvalue weighted by Gasteiger charge is -2.39. The molecule has 4 nitrogen and oxygen atoms in total. The molecule has 0 bridgehead atoms. The molecule has 0 saturated carbocycles. The Morgan fingerprint density at radius 3 is 2.80 bits per heavy atom. The van der Waals surface area contributed by atoms with Gasteiger partial charge in [0.1, 0.15) is 4.21 Å². The van der Waals surface area contributed by atoms with Crippen molar-refractivity contribution in [2.24, 2.45) is 5.41 Å². The third-order valence-corrected chi connectivity index (χ3v) is 7.20. The van der Waals surface area contributed by atoms with Gasteiger partial charge in [-0.15, -0.1) is 11.3 Å². The van der Waals surface area contributed by atoms with Crippen molar-refractivity contribution >= 4 is 21.4 Å². The van der Waals surface area contributed by atoms with E-state index in [2.05, 4.69) is 23.9 Å². The minimum atomic E-state index is -3.37. The first kappa shape index (κ1) is 15.9. The molecular formula is C14H24N2O2S2. The molecule has 0 aromatic carbocycles. The summed E-state index contributed by atoms with van der Waals surface area (Å²) in [6, 6.07) is 3.78. The van der Waals surface area contributed by atoms with Gasteiger partial charge in [0.15, 0.2) is 0 Å². The fourth-order valence-corrected chi connectivity index (χ4v) is 4.96. The van der Waals surface area contributed by atoms with Crippen LogP contribution in [0.15, 0.2) is 16.3 Å². The normalized spacial score (nSPS) is 22.9. The van der Waals surface area contributed by atoms with Crippen molar-refractivity contribution in [1.29, 1.82) is 0 Å². The molecule has 20 heavy (non-hydrogen) atoms. The van der Waals surface area contributed by atoms with Crippen molar-refractivity contribution in [1.82, 2.24) is 10.0 Å². The molecule has 0 radical (unpaired) electrons. The van der Waals surface area contributed by atoms with E-state index in [0.29, 0.717) is 10.8 Å². The molecule has 0 amide bonds. The van der Waals surface area contributed by atoms with Gasteiger partial charge in [0.25, 0.3) is 0 Å². The van der Waals surface area contributed by atoms with Crippen molar-refractivity contribution < 1.29 is 8.42 Å². The van der Waals surface area contributed by atoms with E-state index in [-0.39, 0.29) is 11.5 Å². The van der Waals surface area contributed by atoms with Crippen LogP contribution >= 0.6 is 11.3 Å². The summed E-state index contributed by atoms with van der Waals surface area (Å²) in [5.74, 6) is 0. The highest BCUT2D eigenvalue weighted by Crippen LogP contribution is 2.30. The summed E-state index contributed by atoms with van der Waals surface area (Å²) in [5, 5.41) is 3.43. The number of nitrogens with one attached hydrogen (secondary N) is 2. The predicted molar refractivity (Wildman–Crippen MR) is 83.7 cm³/mol. The summed E-state index contributed by atoms with van der Waals surface area (Å²) in [4.78, 5) is 1.10. The van der Waals surface area contributed by atoms with Crippen LogP contribution in [-0.2, 0) is 16.4 Å². The lowest BCUT2D eigenvalue weighted by atomic mass is 9.78. The Bertz CT molecular complexity index is 549. The SMILES string of the molecule is CCc1ccc(S(=O)(=O)NCC2NCCCC2(C)C)s1. The zero-order valence-corrected chi connectivity index (χ0v) is 14.0. The summed E-state index contributed by atoms with van der Waals surface area (Å²) in [5.41, 5.74) is 0.130. The maximum atomic E-state index is 12.3. The Kier molecular flexibility index (Phi) is 4.89. The van der Waals surface area contributed by atoms with Gasteiger partial charge in [-0.1, -0.05) is 20.8 Å². The molecule has 1 aromatic rings. The largest absolute Gasteiger partial charge is 0.312 e. The summed E-state index contributed by atoms with van der Waals surface area (Å²) in [7, 11) is -3.37. The van der Waals surface area contributed by atoms with Crippen molar-refractivity contribution in [3.8, 4) is 0 Å². The number of sulfonamides is 1. The van der Waals surface area contributed by atoms with Crippen LogP contribution in [0, 0.1) is 5.41 Å². The molecule has 0 aliphatic carbocycles. The number of hydrogen-bond acceptors (Lipinski definition) is 4. The number of aryl methyl sites for hydroxylation is 1. The molecule has 2 N–H and O–H groups in total. The minimum absolute atomic E-state index is 0.130. The van der Waals surface area contributed by atoms with Crippen LogP contribution in [-0.4, -0.2) is 27.5 Å². The molecule has 114 valence electrons. The monoisotopic (exact) mass is 316 g/mol. The smallest absolute Gasteiger partial charge is 0.250 e. The van der Waals surface area contributed by atoms with E-state index in [0.717, 1.165) is 30.7 Å². The Morgan fingerprint density at radius 1 is 1.45 bits per heavy atom. The van der Waals surface area contributed by atoms with Gasteiger partial charge in [-0.25, -0.2) is 13.1 Å². The number of rotatable bonds is 5. The molecule has 2 rings (SSSR count). The van der Waals surface area contributed by atoms with E-state index in [1.54, 1.807) is 6.07 Å². The molecule has 1 aromatic heterocycles. The number of thiophene rings is 1. The number of hydrogen-bond donors (Lipinski definition) is 2. The Balaban J connectivity index is 2.02. The second-order valence-electron chi connectivity index (χ2n) is 6.03. The molecule has 1 atom stereocenters. The molecular weight excluding hydrogens is 292 g/mol. The van der Waals surface area contributed by atoms with E-state index in [4.69, 9.17) is 0 Å². The van der Waals surface area contributed by atoms with Gasteiger partial charge in [0.05, 0.1) is 0 Å². The van der Waals surface area contributed by atoms with Gasteiger partial charge in [0, 0.05) is 17.5 Å². The van der Waals surface area contributed by atoms with Gasteiger partial charge < -0.3 is 5.32 Å². The maximum Gasteiger partial charge on any atom is 0.250 e. The van der Waals surface area contributed by atoms with Crippen molar-refractivity contribution in [3.05, 3.63) is 17.0 Å². The first-order chi connectivity index (χ1) is 9.35. The minimum Gasteiger partial charge on any atom is -0.312 e. The standard InChI is InChI=1S/C14H24N2O2S2/c1-4-11-6-7-13(19-11)20(17,18)16-10-12-14(2,3)8-5-9-15-12/h6-7,12,15-16H,4-5,8-10H2,1-3H3. The van der Waals surface area contributed by atoms with E-state index in [1.807, 2.05) is 13.0 Å². The van der Waals surface area contributed by atoms with Crippen molar-refractivity contribution in [2.75, 3.05) is 13.1 Å². The second-order valence-corrected chi connectivity index (χ2v) is 9.19. The topological polar surface area (TPSA) is 58.2 Å². The molecule has 1 fully saturated rings. The Hall–Kier alpha value is -0.430. The van der Waals surface area contributed by atoms with E-state index < -0.39 is 10.0 Å². The molecule has 1 unspecified atom stereocenters. The fourth-order valence-electron chi connectivity index (χ4n) is 2.58. The van der Waals surface area contributed by atoms with Crippen LogP contribution < -0.4 is 10.0 Å². The first-order valence-corrected chi connectivity index (χ1v) is 9.47. The Labute approximate surface area is 126 Å². The highest BCUT2D eigenvalue weighted by molar-refractivity contribution is 7.91. The summed E-state index contributed by atoms with van der Waals surface area (Å²) >= 11 is 1.36. The van der Waals surface area contributed by atoms with Crippen LogP contribution in [0.25, 0.3) is 0 Å². The quantitative estimate of drug-likeness (QED) is 0.877. The third-order valence-electron chi connectivity index (χ3n) is 4.06. The zero-order valence-electron chi connectivity index (χ0n) is 12.4. The van der Waals surface area contributed by atoms with Crippen LogP contribution in [0.3, 0.4) is 0 Å². The lowest BCUT2D eigenvalue weighted by molar-refractivity contribution is 0.182. The average Bonchev–Trinajstić information content (AvgIpc) is 2.86. The van der Waals surface area contributed by atoms with E-state index >= 15 is 0 Å². The van der Waals surface area contributed by atoms with Crippen LogP contribution in [0.5, 0.6) is 0 Å². The van der Waals surface area contributed by atoms with Gasteiger partial charge in [-0.05, 0) is 43.4 Å². The van der Waals surface area contributed by atoms with Crippen LogP contribution in [0.1, 0.15) is 38.5 Å². The van der Waals surface area contributed by atoms with E-state index in [1.165, 1.54) is 11.3 Å². The molecule has 1 saturated heterocycles. The number of piperidine rings is 1. The van der Waals surface area contributed by atoms with Crippen LogP contribution in [0.4, 0.5) is 0 Å². The predicted octanol–water partition coefficient (Wildman–Crippen LogP) is 2.37. The molecule has 1 aliphatic heterocycles. The Morgan fingerprint density at radius 2 is 2.20 bits per heavy atom. The van der Waals surface area contributed by atoms with Crippen LogP contribution in [0.2, 0.25) is 0 Å². The molecule has 1 aliphatic rings. The van der Waals surface area contributed by atoms with Gasteiger partial charge in [-0.2, -0.15) is 0 Å². The summed E-state index contributed by atoms with van der Waals surface area (Å²) in [6.07, 6.45) is 3.16.